The molecule has 0 radical (unpaired) electrons. The molecule has 1 saturated carbocycles. The minimum Gasteiger partial charge on any atom is -0.342 e. The fourth-order valence-corrected chi connectivity index (χ4v) is 5.12. The van der Waals surface area contributed by atoms with Crippen LogP contribution in [0.25, 0.3) is 17.1 Å². The highest BCUT2D eigenvalue weighted by molar-refractivity contribution is 5.94. The van der Waals surface area contributed by atoms with Crippen molar-refractivity contribution in [3.63, 3.8) is 0 Å². The van der Waals surface area contributed by atoms with Gasteiger partial charge in [0.05, 0.1) is 18.3 Å². The zero-order valence-corrected chi connectivity index (χ0v) is 17.8. The number of aryl methyl sites for hydroxylation is 1. The summed E-state index contributed by atoms with van der Waals surface area (Å²) in [5, 5.41) is 4.50. The van der Waals surface area contributed by atoms with Gasteiger partial charge in [-0.05, 0) is 30.9 Å². The first-order chi connectivity index (χ1) is 15.0. The van der Waals surface area contributed by atoms with Gasteiger partial charge in [-0.15, -0.1) is 0 Å². The Morgan fingerprint density at radius 3 is 2.81 bits per heavy atom. The monoisotopic (exact) mass is 415 g/mol. The Kier molecular flexibility index (Phi) is 4.68. The summed E-state index contributed by atoms with van der Waals surface area (Å²) in [6.45, 7) is 4.09. The van der Waals surface area contributed by atoms with Gasteiger partial charge in [0, 0.05) is 25.2 Å². The SMILES string of the molecule is CC(=O)c1nn(CC2(n3cc(C)c4c3CC=CC=C4)CCCC2)c2cncnc2c1=O. The third-order valence-electron chi connectivity index (χ3n) is 6.62. The first-order valence-corrected chi connectivity index (χ1v) is 10.8. The molecule has 0 saturated heterocycles. The third-order valence-corrected chi connectivity index (χ3v) is 6.62. The van der Waals surface area contributed by atoms with Gasteiger partial charge in [0.1, 0.15) is 17.4 Å². The fourth-order valence-electron chi connectivity index (χ4n) is 5.12. The molecule has 0 amide bonds. The van der Waals surface area contributed by atoms with Gasteiger partial charge in [0.15, 0.2) is 11.5 Å². The first-order valence-electron chi connectivity index (χ1n) is 10.8. The Morgan fingerprint density at radius 2 is 2.03 bits per heavy atom. The van der Waals surface area contributed by atoms with Crippen LogP contribution in [0.15, 0.2) is 41.7 Å². The lowest BCUT2D eigenvalue weighted by molar-refractivity contribution is 0.100. The molecular formula is C24H25N5O2. The minimum absolute atomic E-state index is 0.0623. The molecule has 158 valence electrons. The number of rotatable bonds is 4. The summed E-state index contributed by atoms with van der Waals surface area (Å²) >= 11 is 0. The maximum atomic E-state index is 12.7. The van der Waals surface area contributed by atoms with E-state index in [9.17, 15) is 9.59 Å². The van der Waals surface area contributed by atoms with Gasteiger partial charge in [-0.2, -0.15) is 5.10 Å². The van der Waals surface area contributed by atoms with Crippen molar-refractivity contribution in [2.75, 3.05) is 0 Å². The largest absolute Gasteiger partial charge is 0.342 e. The number of carbonyl (C=O) groups is 1. The van der Waals surface area contributed by atoms with Crippen molar-refractivity contribution in [2.45, 2.75) is 58.0 Å². The maximum Gasteiger partial charge on any atom is 0.237 e. The third kappa shape index (κ3) is 3.15. The zero-order chi connectivity index (χ0) is 21.6. The molecule has 2 aliphatic rings. The number of Topliss-reactive ketones (excluding diaryl/α,β-unsaturated/α-hetero) is 1. The smallest absolute Gasteiger partial charge is 0.237 e. The van der Waals surface area contributed by atoms with Crippen LogP contribution in [0, 0.1) is 6.92 Å². The number of hydrogen-bond acceptors (Lipinski definition) is 5. The first kappa shape index (κ1) is 19.6. The summed E-state index contributed by atoms with van der Waals surface area (Å²) in [5.74, 6) is -0.347. The van der Waals surface area contributed by atoms with E-state index in [1.54, 1.807) is 10.9 Å². The summed E-state index contributed by atoms with van der Waals surface area (Å²) < 4.78 is 4.22. The Hall–Kier alpha value is -3.35. The van der Waals surface area contributed by atoms with Crippen LogP contribution in [0.2, 0.25) is 0 Å². The normalized spacial score (nSPS) is 17.1. The summed E-state index contributed by atoms with van der Waals surface area (Å²) in [4.78, 5) is 33.2. The van der Waals surface area contributed by atoms with Crippen molar-refractivity contribution < 1.29 is 4.79 Å². The number of fused-ring (bicyclic) bond motifs is 2. The van der Waals surface area contributed by atoms with E-state index in [0.717, 1.165) is 32.1 Å². The Bertz CT molecular complexity index is 1310. The fraction of sp³-hybridized carbons (Fsp3) is 0.375. The molecule has 0 unspecified atom stereocenters. The average molecular weight is 415 g/mol. The summed E-state index contributed by atoms with van der Waals surface area (Å²) in [5.41, 5.74) is 3.99. The van der Waals surface area contributed by atoms with Crippen molar-refractivity contribution in [1.82, 2.24) is 24.3 Å². The van der Waals surface area contributed by atoms with E-state index in [2.05, 4.69) is 57.1 Å². The topological polar surface area (TPSA) is 82.7 Å². The van der Waals surface area contributed by atoms with Crippen molar-refractivity contribution in [1.29, 1.82) is 0 Å². The molecular weight excluding hydrogens is 390 g/mol. The molecule has 7 heteroatoms. The second-order valence-electron chi connectivity index (χ2n) is 8.61. The van der Waals surface area contributed by atoms with E-state index >= 15 is 0 Å². The molecule has 0 aliphatic heterocycles. The molecule has 0 aromatic carbocycles. The lowest BCUT2D eigenvalue weighted by Gasteiger charge is -2.34. The van der Waals surface area contributed by atoms with Gasteiger partial charge in [-0.3, -0.25) is 14.3 Å². The Morgan fingerprint density at radius 1 is 1.23 bits per heavy atom. The van der Waals surface area contributed by atoms with Crippen LogP contribution in [0.4, 0.5) is 0 Å². The predicted octanol–water partition coefficient (Wildman–Crippen LogP) is 3.59. The van der Waals surface area contributed by atoms with Crippen molar-refractivity contribution in [3.05, 3.63) is 69.7 Å². The molecule has 0 N–H and O–H groups in total. The molecule has 3 aromatic heterocycles. The van der Waals surface area contributed by atoms with E-state index in [0.29, 0.717) is 12.1 Å². The summed E-state index contributed by atoms with van der Waals surface area (Å²) in [6.07, 6.45) is 18.9. The summed E-state index contributed by atoms with van der Waals surface area (Å²) in [6, 6.07) is 0. The van der Waals surface area contributed by atoms with Crippen LogP contribution in [0.3, 0.4) is 0 Å². The van der Waals surface area contributed by atoms with E-state index in [1.165, 1.54) is 30.1 Å². The highest BCUT2D eigenvalue weighted by Crippen LogP contribution is 2.41. The zero-order valence-electron chi connectivity index (χ0n) is 17.8. The van der Waals surface area contributed by atoms with Gasteiger partial charge in [0.25, 0.3) is 0 Å². The lowest BCUT2D eigenvalue weighted by Crippen LogP contribution is -2.38. The van der Waals surface area contributed by atoms with Gasteiger partial charge >= 0.3 is 0 Å². The number of nitrogens with zero attached hydrogens (tertiary/aromatic N) is 5. The second kappa shape index (κ2) is 7.41. The van der Waals surface area contributed by atoms with Gasteiger partial charge in [0.2, 0.25) is 5.43 Å². The van der Waals surface area contributed by atoms with E-state index in [-0.39, 0.29) is 22.5 Å². The molecule has 7 nitrogen and oxygen atoms in total. The average Bonchev–Trinajstić information content (AvgIpc) is 3.26. The van der Waals surface area contributed by atoms with E-state index in [4.69, 9.17) is 0 Å². The van der Waals surface area contributed by atoms with Gasteiger partial charge in [-0.1, -0.05) is 37.1 Å². The summed E-state index contributed by atoms with van der Waals surface area (Å²) in [7, 11) is 0. The number of carbonyl (C=O) groups excluding carboxylic acids is 1. The molecule has 2 aliphatic carbocycles. The number of aromatic nitrogens is 5. The lowest BCUT2D eigenvalue weighted by atomic mass is 9.96. The number of ketones is 1. The second-order valence-corrected chi connectivity index (χ2v) is 8.61. The van der Waals surface area contributed by atoms with Crippen molar-refractivity contribution in [2.24, 2.45) is 0 Å². The van der Waals surface area contributed by atoms with Crippen molar-refractivity contribution >= 4 is 22.9 Å². The predicted molar refractivity (Wildman–Crippen MR) is 119 cm³/mol. The molecule has 3 heterocycles. The van der Waals surface area contributed by atoms with Crippen molar-refractivity contribution in [3.8, 4) is 0 Å². The van der Waals surface area contributed by atoms with E-state index < -0.39 is 5.43 Å². The maximum absolute atomic E-state index is 12.7. The number of hydrogen-bond donors (Lipinski definition) is 0. The molecule has 1 fully saturated rings. The van der Waals surface area contributed by atoms with Gasteiger partial charge in [-0.25, -0.2) is 9.97 Å². The van der Waals surface area contributed by atoms with Crippen LogP contribution in [0.5, 0.6) is 0 Å². The quantitative estimate of drug-likeness (QED) is 0.608. The van der Waals surface area contributed by atoms with Crippen LogP contribution >= 0.6 is 0 Å². The molecule has 5 rings (SSSR count). The minimum atomic E-state index is -0.428. The standard InChI is InChI=1S/C24H25N5O2/c1-16-13-28(19-9-5-3-4-8-18(16)19)24(10-6-7-11-24)14-29-20-12-25-15-26-22(20)23(31)21(27-29)17(2)30/h3-5,8,12-13,15H,6-7,9-11,14H2,1-2H3. The molecule has 0 atom stereocenters. The van der Waals surface area contributed by atoms with Gasteiger partial charge < -0.3 is 4.57 Å². The van der Waals surface area contributed by atoms with Crippen LogP contribution < -0.4 is 5.43 Å². The highest BCUT2D eigenvalue weighted by atomic mass is 16.1. The molecule has 0 spiro atoms. The molecule has 0 bridgehead atoms. The molecule has 3 aromatic rings. The van der Waals surface area contributed by atoms with Crippen LogP contribution in [-0.4, -0.2) is 30.1 Å². The Labute approximate surface area is 180 Å². The Balaban J connectivity index is 1.70. The van der Waals surface area contributed by atoms with Crippen LogP contribution in [-0.2, 0) is 18.5 Å². The number of allylic oxidation sites excluding steroid dienone is 3. The van der Waals surface area contributed by atoms with E-state index in [1.807, 2.05) is 0 Å². The molecule has 31 heavy (non-hydrogen) atoms. The highest BCUT2D eigenvalue weighted by Gasteiger charge is 2.39. The van der Waals surface area contributed by atoms with Crippen LogP contribution in [0.1, 0.15) is 59.9 Å².